The SMILES string of the molecule is CC(C)/C=N/OC[C@@H]1CCCN1. The van der Waals surface area contributed by atoms with E-state index in [0.29, 0.717) is 18.6 Å². The average molecular weight is 170 g/mol. The predicted octanol–water partition coefficient (Wildman–Crippen LogP) is 1.40. The van der Waals surface area contributed by atoms with Crippen molar-refractivity contribution in [3.05, 3.63) is 0 Å². The van der Waals surface area contributed by atoms with Gasteiger partial charge in [-0.1, -0.05) is 19.0 Å². The molecule has 0 radical (unpaired) electrons. The van der Waals surface area contributed by atoms with Gasteiger partial charge in [-0.25, -0.2) is 0 Å². The van der Waals surface area contributed by atoms with E-state index in [0.717, 1.165) is 6.54 Å². The smallest absolute Gasteiger partial charge is 0.132 e. The second kappa shape index (κ2) is 5.14. The van der Waals surface area contributed by atoms with Gasteiger partial charge >= 0.3 is 0 Å². The van der Waals surface area contributed by atoms with Crippen LogP contribution in [0.5, 0.6) is 0 Å². The van der Waals surface area contributed by atoms with Crippen LogP contribution in [0.15, 0.2) is 5.16 Å². The van der Waals surface area contributed by atoms with E-state index < -0.39 is 0 Å². The summed E-state index contributed by atoms with van der Waals surface area (Å²) < 4.78 is 0. The maximum absolute atomic E-state index is 5.14. The Morgan fingerprint density at radius 2 is 2.50 bits per heavy atom. The monoisotopic (exact) mass is 170 g/mol. The van der Waals surface area contributed by atoms with E-state index in [1.807, 2.05) is 6.21 Å². The first-order valence-electron chi connectivity index (χ1n) is 4.68. The Balaban J connectivity index is 2.01. The van der Waals surface area contributed by atoms with Crippen molar-refractivity contribution in [2.24, 2.45) is 11.1 Å². The Labute approximate surface area is 74.2 Å². The molecule has 1 heterocycles. The van der Waals surface area contributed by atoms with Crippen molar-refractivity contribution >= 4 is 6.21 Å². The van der Waals surface area contributed by atoms with E-state index in [2.05, 4.69) is 24.3 Å². The van der Waals surface area contributed by atoms with Crippen molar-refractivity contribution in [2.75, 3.05) is 13.2 Å². The van der Waals surface area contributed by atoms with E-state index in [1.54, 1.807) is 0 Å². The fourth-order valence-corrected chi connectivity index (χ4v) is 1.20. The molecule has 1 saturated heterocycles. The van der Waals surface area contributed by atoms with Crippen LogP contribution in [0.2, 0.25) is 0 Å². The van der Waals surface area contributed by atoms with Gasteiger partial charge in [-0.3, -0.25) is 0 Å². The lowest BCUT2D eigenvalue weighted by molar-refractivity contribution is 0.125. The van der Waals surface area contributed by atoms with Crippen LogP contribution < -0.4 is 5.32 Å². The molecule has 1 aliphatic rings. The fourth-order valence-electron chi connectivity index (χ4n) is 1.20. The summed E-state index contributed by atoms with van der Waals surface area (Å²) >= 11 is 0. The lowest BCUT2D eigenvalue weighted by Crippen LogP contribution is -2.25. The van der Waals surface area contributed by atoms with Crippen molar-refractivity contribution in [3.8, 4) is 0 Å². The zero-order valence-corrected chi connectivity index (χ0v) is 7.92. The quantitative estimate of drug-likeness (QED) is 0.511. The Hall–Kier alpha value is -0.570. The first-order chi connectivity index (χ1) is 5.79. The Morgan fingerprint density at radius 1 is 1.67 bits per heavy atom. The van der Waals surface area contributed by atoms with Crippen molar-refractivity contribution in [2.45, 2.75) is 32.7 Å². The first kappa shape index (κ1) is 9.52. The molecule has 1 rings (SSSR count). The van der Waals surface area contributed by atoms with Gasteiger partial charge in [0.2, 0.25) is 0 Å². The van der Waals surface area contributed by atoms with Crippen LogP contribution in [-0.2, 0) is 4.84 Å². The maximum Gasteiger partial charge on any atom is 0.132 e. The van der Waals surface area contributed by atoms with Gasteiger partial charge in [0, 0.05) is 12.3 Å². The molecule has 1 fully saturated rings. The second-order valence-electron chi connectivity index (χ2n) is 3.59. The molecule has 0 aromatic rings. The molecule has 3 nitrogen and oxygen atoms in total. The van der Waals surface area contributed by atoms with Crippen LogP contribution in [0, 0.1) is 5.92 Å². The van der Waals surface area contributed by atoms with Gasteiger partial charge in [-0.2, -0.15) is 0 Å². The van der Waals surface area contributed by atoms with Gasteiger partial charge < -0.3 is 10.2 Å². The third kappa shape index (κ3) is 3.72. The van der Waals surface area contributed by atoms with Gasteiger partial charge in [0.1, 0.15) is 6.61 Å². The van der Waals surface area contributed by atoms with Crippen LogP contribution in [0.1, 0.15) is 26.7 Å². The van der Waals surface area contributed by atoms with Crippen molar-refractivity contribution in [1.82, 2.24) is 5.32 Å². The van der Waals surface area contributed by atoms with Gasteiger partial charge in [-0.05, 0) is 25.3 Å². The summed E-state index contributed by atoms with van der Waals surface area (Å²) in [5.74, 6) is 0.474. The molecule has 1 N–H and O–H groups in total. The highest BCUT2D eigenvalue weighted by atomic mass is 16.6. The largest absolute Gasteiger partial charge is 0.394 e. The fraction of sp³-hybridized carbons (Fsp3) is 0.889. The minimum atomic E-state index is 0.474. The van der Waals surface area contributed by atoms with Gasteiger partial charge in [0.05, 0.1) is 0 Å². The van der Waals surface area contributed by atoms with Crippen molar-refractivity contribution < 1.29 is 4.84 Å². The summed E-state index contributed by atoms with van der Waals surface area (Å²) in [4.78, 5) is 5.14. The van der Waals surface area contributed by atoms with Crippen LogP contribution >= 0.6 is 0 Å². The maximum atomic E-state index is 5.14. The molecular weight excluding hydrogens is 152 g/mol. The summed E-state index contributed by atoms with van der Waals surface area (Å²) in [5.41, 5.74) is 0. The van der Waals surface area contributed by atoms with Gasteiger partial charge in [0.25, 0.3) is 0 Å². The molecule has 0 amide bonds. The van der Waals surface area contributed by atoms with E-state index in [9.17, 15) is 0 Å². The molecule has 0 unspecified atom stereocenters. The normalized spacial score (nSPS) is 24.1. The lowest BCUT2D eigenvalue weighted by Gasteiger charge is -2.07. The summed E-state index contributed by atoms with van der Waals surface area (Å²) in [7, 11) is 0. The molecule has 0 bridgehead atoms. The molecule has 0 aromatic heterocycles. The average Bonchev–Trinajstić information content (AvgIpc) is 2.49. The minimum Gasteiger partial charge on any atom is -0.394 e. The summed E-state index contributed by atoms with van der Waals surface area (Å²) in [6.07, 6.45) is 4.31. The van der Waals surface area contributed by atoms with Crippen LogP contribution in [0.4, 0.5) is 0 Å². The van der Waals surface area contributed by atoms with Crippen LogP contribution in [0.25, 0.3) is 0 Å². The molecule has 1 aliphatic heterocycles. The highest BCUT2D eigenvalue weighted by molar-refractivity contribution is 5.58. The molecule has 0 aliphatic carbocycles. The van der Waals surface area contributed by atoms with E-state index in [4.69, 9.17) is 4.84 Å². The first-order valence-corrected chi connectivity index (χ1v) is 4.68. The number of oxime groups is 1. The number of nitrogens with zero attached hydrogens (tertiary/aromatic N) is 1. The van der Waals surface area contributed by atoms with E-state index >= 15 is 0 Å². The van der Waals surface area contributed by atoms with E-state index in [-0.39, 0.29) is 0 Å². The highest BCUT2D eigenvalue weighted by Crippen LogP contribution is 2.04. The Morgan fingerprint density at radius 3 is 3.08 bits per heavy atom. The number of rotatable bonds is 4. The Bertz CT molecular complexity index is 139. The summed E-state index contributed by atoms with van der Waals surface area (Å²) in [5, 5.41) is 7.22. The van der Waals surface area contributed by atoms with Crippen LogP contribution in [0.3, 0.4) is 0 Å². The number of nitrogens with one attached hydrogen (secondary N) is 1. The topological polar surface area (TPSA) is 33.6 Å². The zero-order valence-electron chi connectivity index (χ0n) is 7.92. The molecule has 0 spiro atoms. The predicted molar refractivity (Wildman–Crippen MR) is 50.3 cm³/mol. The molecule has 0 saturated carbocycles. The number of hydrogen-bond acceptors (Lipinski definition) is 3. The third-order valence-electron chi connectivity index (χ3n) is 1.87. The minimum absolute atomic E-state index is 0.474. The molecule has 3 heteroatoms. The third-order valence-corrected chi connectivity index (χ3v) is 1.87. The second-order valence-corrected chi connectivity index (χ2v) is 3.59. The zero-order chi connectivity index (χ0) is 8.81. The lowest BCUT2D eigenvalue weighted by atomic mass is 10.2. The Kier molecular flexibility index (Phi) is 4.08. The van der Waals surface area contributed by atoms with Crippen LogP contribution in [-0.4, -0.2) is 25.4 Å². The standard InChI is InChI=1S/C9H18N2O/c1-8(2)6-11-12-7-9-4-3-5-10-9/h6,8-10H,3-5,7H2,1-2H3/b11-6+/t9-/m0/s1. The molecule has 1 atom stereocenters. The highest BCUT2D eigenvalue weighted by Gasteiger charge is 2.13. The summed E-state index contributed by atoms with van der Waals surface area (Å²) in [6.45, 7) is 6.01. The molecule has 0 aromatic carbocycles. The van der Waals surface area contributed by atoms with Gasteiger partial charge in [-0.15, -0.1) is 0 Å². The molecular formula is C9H18N2O. The number of hydrogen-bond donors (Lipinski definition) is 1. The van der Waals surface area contributed by atoms with Crippen molar-refractivity contribution in [1.29, 1.82) is 0 Å². The molecule has 70 valence electrons. The van der Waals surface area contributed by atoms with E-state index in [1.165, 1.54) is 12.8 Å². The molecule has 12 heavy (non-hydrogen) atoms. The van der Waals surface area contributed by atoms with Crippen molar-refractivity contribution in [3.63, 3.8) is 0 Å². The van der Waals surface area contributed by atoms with Gasteiger partial charge in [0.15, 0.2) is 0 Å². The summed E-state index contributed by atoms with van der Waals surface area (Å²) in [6, 6.07) is 0.523.